The molecule has 4 aromatic rings. The molecule has 0 fully saturated rings. The topological polar surface area (TPSA) is 292 Å². The zero-order valence-electron chi connectivity index (χ0n) is 32.6. The Labute approximate surface area is 336 Å². The number of carbonyl (C=O) groups is 6. The lowest BCUT2D eigenvalue weighted by Gasteiger charge is -2.26. The Balaban J connectivity index is 1.43. The minimum Gasteiger partial charge on any atom is -0.399 e. The second-order valence-electron chi connectivity index (χ2n) is 14.4. The number of benzene rings is 3. The second kappa shape index (κ2) is 21.4. The lowest BCUT2D eigenvalue weighted by atomic mass is 10.0. The van der Waals surface area contributed by atoms with Gasteiger partial charge in [0.25, 0.3) is 5.91 Å². The van der Waals surface area contributed by atoms with Crippen LogP contribution in [0, 0.1) is 11.3 Å². The van der Waals surface area contributed by atoms with Crippen LogP contribution in [0.25, 0.3) is 10.9 Å². The van der Waals surface area contributed by atoms with E-state index in [2.05, 4.69) is 36.9 Å². The summed E-state index contributed by atoms with van der Waals surface area (Å²) in [6.07, 6.45) is 2.52. The molecule has 3 aromatic carbocycles. The molecule has 0 saturated carbocycles. The number of nitrogen functional groups attached to an aromatic ring is 1. The minimum atomic E-state index is -1.17. The number of H-pyrrole nitrogens is 1. The van der Waals surface area contributed by atoms with E-state index in [1.165, 1.54) is 6.07 Å². The first-order valence-corrected chi connectivity index (χ1v) is 19.0. The smallest absolute Gasteiger partial charge is 0.252 e. The highest BCUT2D eigenvalue weighted by Gasteiger charge is 2.30. The first kappa shape index (κ1) is 43.8. The first-order chi connectivity index (χ1) is 27.7. The van der Waals surface area contributed by atoms with Crippen molar-refractivity contribution < 1.29 is 28.8 Å². The number of hydrogen-bond acceptors (Lipinski definition) is 8. The summed E-state index contributed by atoms with van der Waals surface area (Å²) in [5, 5.41) is 24.3. The number of carbonyl (C=O) groups excluding carboxylic acids is 6. The van der Waals surface area contributed by atoms with Crippen molar-refractivity contribution in [3.05, 3.63) is 102 Å². The molecular formula is C41H53N11O6. The zero-order valence-corrected chi connectivity index (χ0v) is 32.6. The van der Waals surface area contributed by atoms with Crippen molar-refractivity contribution in [1.29, 1.82) is 5.41 Å². The predicted octanol–water partition coefficient (Wildman–Crippen LogP) is 0.699. The molecule has 6 amide bonds. The monoisotopic (exact) mass is 795 g/mol. The van der Waals surface area contributed by atoms with Gasteiger partial charge >= 0.3 is 0 Å². The van der Waals surface area contributed by atoms with Crippen molar-refractivity contribution in [2.45, 2.75) is 70.1 Å². The number of aromatic amines is 1. The first-order valence-electron chi connectivity index (χ1n) is 19.0. The third-order valence-electron chi connectivity index (χ3n) is 9.21. The summed E-state index contributed by atoms with van der Waals surface area (Å²) in [6.45, 7) is 3.41. The molecule has 0 spiro atoms. The average Bonchev–Trinajstić information content (AvgIpc) is 3.59. The van der Waals surface area contributed by atoms with Crippen LogP contribution in [-0.4, -0.2) is 83.6 Å². The zero-order chi connectivity index (χ0) is 42.2. The van der Waals surface area contributed by atoms with E-state index in [9.17, 15) is 28.8 Å². The maximum atomic E-state index is 13.8. The summed E-state index contributed by atoms with van der Waals surface area (Å²) in [7, 11) is 0. The Morgan fingerprint density at radius 3 is 2.10 bits per heavy atom. The molecule has 0 radical (unpaired) electrons. The molecule has 0 unspecified atom stereocenters. The van der Waals surface area contributed by atoms with E-state index >= 15 is 0 Å². The van der Waals surface area contributed by atoms with E-state index in [0.29, 0.717) is 12.1 Å². The number of amides is 6. The van der Waals surface area contributed by atoms with Gasteiger partial charge < -0.3 is 54.1 Å². The van der Waals surface area contributed by atoms with Crippen LogP contribution in [0.5, 0.6) is 0 Å². The van der Waals surface area contributed by atoms with E-state index in [1.807, 2.05) is 44.2 Å². The number of guanidine groups is 1. The van der Waals surface area contributed by atoms with Crippen LogP contribution in [0.1, 0.15) is 54.6 Å². The number of primary amides is 1. The van der Waals surface area contributed by atoms with Gasteiger partial charge in [-0.15, -0.1) is 0 Å². The summed E-state index contributed by atoms with van der Waals surface area (Å²) in [5.41, 5.74) is 20.0. The number of para-hydroxylation sites is 1. The third kappa shape index (κ3) is 13.7. The summed E-state index contributed by atoms with van der Waals surface area (Å²) >= 11 is 0. The molecule has 0 aliphatic heterocycles. The summed E-state index contributed by atoms with van der Waals surface area (Å²) in [5.74, 6) is -4.31. The molecule has 0 saturated heterocycles. The molecule has 0 aliphatic rings. The quantitative estimate of drug-likeness (QED) is 0.0245. The SMILES string of the molecule is CC(C)C[C@H](NC(=O)CNC(=O)[C@H](Cc1ccccc1)NC(=O)c1cccc(N)c1)C(=O)N[C@@H](CCCNC(=N)N)C(=O)N[C@@H](Cc1c[nH]c2ccccc12)C(N)=O. The van der Waals surface area contributed by atoms with Crippen molar-refractivity contribution in [3.8, 4) is 0 Å². The molecule has 14 N–H and O–H groups in total. The van der Waals surface area contributed by atoms with E-state index in [4.69, 9.17) is 22.6 Å². The summed E-state index contributed by atoms with van der Waals surface area (Å²) in [4.78, 5) is 83.1. The fraction of sp³-hybridized carbons (Fsp3) is 0.341. The number of fused-ring (bicyclic) bond motifs is 1. The van der Waals surface area contributed by atoms with Crippen LogP contribution < -0.4 is 49.1 Å². The van der Waals surface area contributed by atoms with Crippen molar-refractivity contribution in [1.82, 2.24) is 36.9 Å². The highest BCUT2D eigenvalue weighted by atomic mass is 16.2. The molecule has 4 atom stereocenters. The van der Waals surface area contributed by atoms with Gasteiger partial charge in [0.05, 0.1) is 6.54 Å². The van der Waals surface area contributed by atoms with Gasteiger partial charge in [0.15, 0.2) is 5.96 Å². The van der Waals surface area contributed by atoms with Crippen molar-refractivity contribution in [3.63, 3.8) is 0 Å². The van der Waals surface area contributed by atoms with Crippen LogP contribution in [0.4, 0.5) is 5.69 Å². The number of aromatic nitrogens is 1. The van der Waals surface area contributed by atoms with Gasteiger partial charge in [-0.2, -0.15) is 0 Å². The van der Waals surface area contributed by atoms with Crippen LogP contribution in [-0.2, 0) is 36.8 Å². The molecule has 1 aromatic heterocycles. The highest BCUT2D eigenvalue weighted by Crippen LogP contribution is 2.19. The van der Waals surface area contributed by atoms with Crippen LogP contribution in [0.3, 0.4) is 0 Å². The van der Waals surface area contributed by atoms with Gasteiger partial charge in [-0.05, 0) is 60.6 Å². The number of nitrogens with one attached hydrogen (secondary N) is 8. The van der Waals surface area contributed by atoms with Gasteiger partial charge in [0.2, 0.25) is 29.5 Å². The normalized spacial score (nSPS) is 13.0. The molecule has 0 bridgehead atoms. The lowest BCUT2D eigenvalue weighted by Crippen LogP contribution is -2.57. The fourth-order valence-electron chi connectivity index (χ4n) is 6.31. The number of rotatable bonds is 21. The van der Waals surface area contributed by atoms with Gasteiger partial charge in [-0.1, -0.05) is 68.4 Å². The van der Waals surface area contributed by atoms with Crippen molar-refractivity contribution in [2.75, 3.05) is 18.8 Å². The predicted molar refractivity (Wildman–Crippen MR) is 221 cm³/mol. The molecule has 308 valence electrons. The Kier molecular flexibility index (Phi) is 16.2. The van der Waals surface area contributed by atoms with Gasteiger partial charge in [-0.3, -0.25) is 34.2 Å². The van der Waals surface area contributed by atoms with Crippen LogP contribution in [0.2, 0.25) is 0 Å². The Morgan fingerprint density at radius 1 is 0.724 bits per heavy atom. The lowest BCUT2D eigenvalue weighted by molar-refractivity contribution is -0.133. The van der Waals surface area contributed by atoms with E-state index in [1.54, 1.807) is 48.7 Å². The fourth-order valence-corrected chi connectivity index (χ4v) is 6.31. The summed E-state index contributed by atoms with van der Waals surface area (Å²) in [6, 6.07) is 18.4. The standard InChI is InChI=1S/C41H53N11O6/c1-24(2)18-33(49-35(53)23-48-38(56)34(19-25-10-4-3-5-11-25)52-37(55)26-12-8-13-28(42)20-26)40(58)50-31(16-9-17-46-41(44)45)39(57)51-32(36(43)54)21-27-22-47-30-15-7-6-14-29(27)30/h3-8,10-15,20,22,24,31-34,47H,9,16-19,21,23,42H2,1-2H3,(H2,43,54)(H,48,56)(H,49,53)(H,50,58)(H,51,57)(H,52,55)(H4,44,45,46)/t31-,32-,33-,34-/m0/s1. The minimum absolute atomic E-state index is 0.0782. The Hall–Kier alpha value is -6.91. The van der Waals surface area contributed by atoms with Crippen molar-refractivity contribution in [2.24, 2.45) is 17.4 Å². The molecule has 17 nitrogen and oxygen atoms in total. The van der Waals surface area contributed by atoms with Crippen LogP contribution >= 0.6 is 0 Å². The number of hydrogen-bond donors (Lipinski definition) is 11. The molecule has 4 rings (SSSR count). The Bertz CT molecular complexity index is 2070. The highest BCUT2D eigenvalue weighted by molar-refractivity contribution is 5.99. The van der Waals surface area contributed by atoms with Gasteiger partial charge in [0, 0.05) is 47.7 Å². The molecule has 1 heterocycles. The van der Waals surface area contributed by atoms with Gasteiger partial charge in [-0.25, -0.2) is 0 Å². The van der Waals surface area contributed by atoms with E-state index in [-0.39, 0.29) is 49.7 Å². The molecule has 17 heteroatoms. The Morgan fingerprint density at radius 2 is 1.41 bits per heavy atom. The molecule has 0 aliphatic carbocycles. The van der Waals surface area contributed by atoms with E-state index in [0.717, 1.165) is 22.0 Å². The molecular weight excluding hydrogens is 743 g/mol. The van der Waals surface area contributed by atoms with Crippen LogP contribution in [0.15, 0.2) is 85.1 Å². The maximum Gasteiger partial charge on any atom is 0.252 e. The maximum absolute atomic E-state index is 13.8. The number of nitrogens with two attached hydrogens (primary N) is 3. The summed E-state index contributed by atoms with van der Waals surface area (Å²) < 4.78 is 0. The number of anilines is 1. The van der Waals surface area contributed by atoms with E-state index < -0.39 is 66.2 Å². The largest absolute Gasteiger partial charge is 0.399 e. The third-order valence-corrected chi connectivity index (χ3v) is 9.21. The molecule has 58 heavy (non-hydrogen) atoms. The second-order valence-corrected chi connectivity index (χ2v) is 14.4. The van der Waals surface area contributed by atoms with Gasteiger partial charge in [0.1, 0.15) is 24.2 Å². The van der Waals surface area contributed by atoms with Crippen molar-refractivity contribution >= 4 is 58.0 Å². The average molecular weight is 796 g/mol.